The summed E-state index contributed by atoms with van der Waals surface area (Å²) in [5.41, 5.74) is -0.623. The molecule has 0 N–H and O–H groups in total. The van der Waals surface area contributed by atoms with Crippen LogP contribution in [0.15, 0.2) is 12.2 Å². The quantitative estimate of drug-likeness (QED) is 0.534. The molecule has 3 atom stereocenters. The number of nitrogens with zero attached hydrogens (tertiary/aromatic N) is 1. The van der Waals surface area contributed by atoms with Crippen molar-refractivity contribution in [3.63, 3.8) is 0 Å². The minimum absolute atomic E-state index is 0.00611. The fourth-order valence-corrected chi connectivity index (χ4v) is 2.92. The fourth-order valence-electron chi connectivity index (χ4n) is 2.49. The van der Waals surface area contributed by atoms with Crippen LogP contribution in [-0.2, 0) is 14.3 Å². The minimum atomic E-state index is -3.45. The van der Waals surface area contributed by atoms with E-state index in [0.717, 1.165) is 19.1 Å². The van der Waals surface area contributed by atoms with Gasteiger partial charge in [-0.05, 0) is 24.7 Å². The van der Waals surface area contributed by atoms with E-state index < -0.39 is 15.5 Å². The van der Waals surface area contributed by atoms with Crippen molar-refractivity contribution in [3.8, 4) is 6.07 Å². The van der Waals surface area contributed by atoms with E-state index in [9.17, 15) is 13.7 Å². The van der Waals surface area contributed by atoms with E-state index in [2.05, 4.69) is 12.1 Å². The highest BCUT2D eigenvalue weighted by Crippen LogP contribution is 2.51. The van der Waals surface area contributed by atoms with E-state index in [1.165, 1.54) is 0 Å². The number of allylic oxidation sites excluding steroid dienone is 2. The number of nitriles is 1. The molecule has 0 saturated heterocycles. The molecular formula is C10H13NO3S. The topological polar surface area (TPSA) is 67.2 Å². The number of rotatable bonds is 3. The van der Waals surface area contributed by atoms with Crippen molar-refractivity contribution in [3.05, 3.63) is 12.2 Å². The van der Waals surface area contributed by atoms with Crippen molar-refractivity contribution in [1.29, 1.82) is 5.26 Å². The zero-order valence-electron chi connectivity index (χ0n) is 8.51. The van der Waals surface area contributed by atoms with Crippen LogP contribution in [0.5, 0.6) is 0 Å². The van der Waals surface area contributed by atoms with Crippen LogP contribution < -0.4 is 0 Å². The third-order valence-corrected chi connectivity index (χ3v) is 3.81. The summed E-state index contributed by atoms with van der Waals surface area (Å²) < 4.78 is 26.6. The van der Waals surface area contributed by atoms with Crippen LogP contribution in [0, 0.1) is 28.6 Å². The van der Waals surface area contributed by atoms with E-state index in [0.29, 0.717) is 5.92 Å². The lowest BCUT2D eigenvalue weighted by Gasteiger charge is -2.26. The molecule has 2 aliphatic rings. The van der Waals surface area contributed by atoms with E-state index >= 15 is 0 Å². The molecule has 0 radical (unpaired) electrons. The van der Waals surface area contributed by atoms with Gasteiger partial charge >= 0.3 is 0 Å². The molecule has 0 amide bonds. The van der Waals surface area contributed by atoms with E-state index in [4.69, 9.17) is 4.18 Å². The molecule has 2 bridgehead atoms. The van der Waals surface area contributed by atoms with Gasteiger partial charge in [-0.25, -0.2) is 0 Å². The van der Waals surface area contributed by atoms with Crippen LogP contribution in [0.1, 0.15) is 12.8 Å². The highest BCUT2D eigenvalue weighted by molar-refractivity contribution is 7.85. The summed E-state index contributed by atoms with van der Waals surface area (Å²) in [5, 5.41) is 9.18. The molecule has 3 unspecified atom stereocenters. The molecule has 0 spiro atoms. The molecule has 1 fully saturated rings. The normalized spacial score (nSPS) is 38.1. The first-order valence-corrected chi connectivity index (χ1v) is 6.71. The highest BCUT2D eigenvalue weighted by atomic mass is 32.2. The van der Waals surface area contributed by atoms with Gasteiger partial charge in [0.2, 0.25) is 0 Å². The lowest BCUT2D eigenvalue weighted by Crippen LogP contribution is -2.30. The Morgan fingerprint density at radius 1 is 1.60 bits per heavy atom. The predicted octanol–water partition coefficient (Wildman–Crippen LogP) is 1.07. The van der Waals surface area contributed by atoms with Gasteiger partial charge in [0.05, 0.1) is 24.3 Å². The largest absolute Gasteiger partial charge is 0.269 e. The number of hydrogen-bond acceptors (Lipinski definition) is 4. The second-order valence-electron chi connectivity index (χ2n) is 4.43. The molecule has 0 aromatic rings. The summed E-state index contributed by atoms with van der Waals surface area (Å²) in [6.07, 6.45) is 6.83. The maximum Gasteiger partial charge on any atom is 0.264 e. The summed E-state index contributed by atoms with van der Waals surface area (Å²) in [6, 6.07) is 2.24. The van der Waals surface area contributed by atoms with Crippen LogP contribution in [0.25, 0.3) is 0 Å². The SMILES string of the molecule is CS(=O)(=O)OCC1(C#N)CC2C=CC1C2. The summed E-state index contributed by atoms with van der Waals surface area (Å²) in [6.45, 7) is -0.00611. The molecule has 5 heteroatoms. The molecule has 0 aromatic heterocycles. The second-order valence-corrected chi connectivity index (χ2v) is 6.07. The zero-order valence-corrected chi connectivity index (χ0v) is 9.33. The first kappa shape index (κ1) is 10.7. The Hall–Kier alpha value is -0.860. The Labute approximate surface area is 89.7 Å². The summed E-state index contributed by atoms with van der Waals surface area (Å²) in [4.78, 5) is 0. The number of fused-ring (bicyclic) bond motifs is 2. The highest BCUT2D eigenvalue weighted by Gasteiger charge is 2.49. The second kappa shape index (κ2) is 3.32. The van der Waals surface area contributed by atoms with Gasteiger partial charge < -0.3 is 0 Å². The van der Waals surface area contributed by atoms with Crippen LogP contribution in [0.4, 0.5) is 0 Å². The van der Waals surface area contributed by atoms with Crippen molar-refractivity contribution in [2.75, 3.05) is 12.9 Å². The van der Waals surface area contributed by atoms with Gasteiger partial charge in [-0.2, -0.15) is 13.7 Å². The summed E-state index contributed by atoms with van der Waals surface area (Å²) in [7, 11) is -3.45. The van der Waals surface area contributed by atoms with Crippen LogP contribution in [0.3, 0.4) is 0 Å². The zero-order chi connectivity index (χ0) is 11.1. The number of hydrogen-bond donors (Lipinski definition) is 0. The molecule has 1 saturated carbocycles. The predicted molar refractivity (Wildman–Crippen MR) is 54.2 cm³/mol. The summed E-state index contributed by atoms with van der Waals surface area (Å²) >= 11 is 0. The van der Waals surface area contributed by atoms with E-state index in [1.54, 1.807) is 0 Å². The van der Waals surface area contributed by atoms with Crippen LogP contribution in [0.2, 0.25) is 0 Å². The van der Waals surface area contributed by atoms with Gasteiger partial charge in [0.1, 0.15) is 0 Å². The van der Waals surface area contributed by atoms with Gasteiger partial charge in [-0.3, -0.25) is 4.18 Å². The van der Waals surface area contributed by atoms with Crippen molar-refractivity contribution in [1.82, 2.24) is 0 Å². The Morgan fingerprint density at radius 3 is 2.73 bits per heavy atom. The third kappa shape index (κ3) is 1.92. The molecule has 4 nitrogen and oxygen atoms in total. The minimum Gasteiger partial charge on any atom is -0.269 e. The maximum atomic E-state index is 10.9. The maximum absolute atomic E-state index is 10.9. The van der Waals surface area contributed by atoms with Gasteiger partial charge in [-0.1, -0.05) is 12.2 Å². The third-order valence-electron chi connectivity index (χ3n) is 3.26. The molecular weight excluding hydrogens is 214 g/mol. The first-order valence-electron chi connectivity index (χ1n) is 4.89. The Balaban J connectivity index is 2.12. The monoisotopic (exact) mass is 227 g/mol. The fraction of sp³-hybridized carbons (Fsp3) is 0.700. The lowest BCUT2D eigenvalue weighted by atomic mass is 9.78. The van der Waals surface area contributed by atoms with E-state index in [-0.39, 0.29) is 12.5 Å². The molecule has 82 valence electrons. The standard InChI is InChI=1S/C10H13NO3S/c1-15(12,13)14-7-10(6-11)5-8-2-3-9(10)4-8/h2-3,8-9H,4-5,7H2,1H3. The van der Waals surface area contributed by atoms with Gasteiger partial charge in [0.15, 0.2) is 0 Å². The average Bonchev–Trinajstić information content (AvgIpc) is 2.73. The van der Waals surface area contributed by atoms with Crippen LogP contribution >= 0.6 is 0 Å². The molecule has 0 aromatic carbocycles. The Kier molecular flexibility index (Phi) is 2.36. The van der Waals surface area contributed by atoms with Gasteiger partial charge in [0, 0.05) is 0 Å². The van der Waals surface area contributed by atoms with Crippen molar-refractivity contribution in [2.45, 2.75) is 12.8 Å². The molecule has 15 heavy (non-hydrogen) atoms. The molecule has 2 aliphatic carbocycles. The van der Waals surface area contributed by atoms with Crippen molar-refractivity contribution in [2.24, 2.45) is 17.3 Å². The van der Waals surface area contributed by atoms with Crippen molar-refractivity contribution >= 4 is 10.1 Å². The lowest BCUT2D eigenvalue weighted by molar-refractivity contribution is 0.176. The molecule has 0 heterocycles. The average molecular weight is 227 g/mol. The van der Waals surface area contributed by atoms with Crippen LogP contribution in [-0.4, -0.2) is 21.3 Å². The van der Waals surface area contributed by atoms with E-state index in [1.807, 2.05) is 6.08 Å². The summed E-state index contributed by atoms with van der Waals surface area (Å²) in [5.74, 6) is 0.590. The van der Waals surface area contributed by atoms with Gasteiger partial charge in [-0.15, -0.1) is 0 Å². The van der Waals surface area contributed by atoms with Crippen molar-refractivity contribution < 1.29 is 12.6 Å². The van der Waals surface area contributed by atoms with Gasteiger partial charge in [0.25, 0.3) is 10.1 Å². The first-order chi connectivity index (χ1) is 6.95. The Bertz CT molecular complexity index is 434. The Morgan fingerprint density at radius 2 is 2.33 bits per heavy atom. The smallest absolute Gasteiger partial charge is 0.264 e. The molecule has 0 aliphatic heterocycles. The molecule has 2 rings (SSSR count).